The molecule has 1 amide bonds. The van der Waals surface area contributed by atoms with Crippen molar-refractivity contribution in [1.29, 1.82) is 0 Å². The molecule has 0 unspecified atom stereocenters. The van der Waals surface area contributed by atoms with Gasteiger partial charge in [0.25, 0.3) is 5.91 Å². The van der Waals surface area contributed by atoms with Gasteiger partial charge in [-0.15, -0.1) is 0 Å². The van der Waals surface area contributed by atoms with E-state index in [9.17, 15) is 18.0 Å². The molecule has 2 aliphatic heterocycles. The molecule has 2 fully saturated rings. The van der Waals surface area contributed by atoms with Crippen molar-refractivity contribution >= 4 is 39.4 Å². The largest absolute Gasteiger partial charge is 0.490 e. The highest BCUT2D eigenvalue weighted by Crippen LogP contribution is 2.34. The molecule has 308 valence electrons. The van der Waals surface area contributed by atoms with Crippen LogP contribution in [0.3, 0.4) is 0 Å². The van der Waals surface area contributed by atoms with Gasteiger partial charge in [-0.05, 0) is 73.2 Å². The number of carboxylic acid groups (broad SMARTS) is 1. The highest BCUT2D eigenvalue weighted by Gasteiger charge is 2.38. The van der Waals surface area contributed by atoms with E-state index in [4.69, 9.17) is 14.9 Å². The van der Waals surface area contributed by atoms with Crippen LogP contribution in [0.15, 0.2) is 67.0 Å². The predicted octanol–water partition coefficient (Wildman–Crippen LogP) is 7.38. The summed E-state index contributed by atoms with van der Waals surface area (Å²) >= 11 is 0. The smallest absolute Gasteiger partial charge is 0.475 e. The van der Waals surface area contributed by atoms with Crippen LogP contribution in [0.4, 0.5) is 18.9 Å². The minimum absolute atomic E-state index is 0.227. The number of nitrogens with one attached hydrogen (secondary N) is 4. The van der Waals surface area contributed by atoms with Crippen LogP contribution in [0.25, 0.3) is 32.9 Å². The molecule has 3 aromatic heterocycles. The molecule has 0 atom stereocenters. The Bertz CT molecular complexity index is 2030. The van der Waals surface area contributed by atoms with E-state index in [0.29, 0.717) is 17.4 Å². The molecule has 5 heterocycles. The van der Waals surface area contributed by atoms with Crippen LogP contribution >= 0.6 is 0 Å². The second kappa shape index (κ2) is 20.5. The molecule has 0 saturated carbocycles. The van der Waals surface area contributed by atoms with Crippen molar-refractivity contribution in [2.75, 3.05) is 57.7 Å². The molecule has 0 bridgehead atoms. The van der Waals surface area contributed by atoms with Crippen LogP contribution in [-0.4, -0.2) is 122 Å². The van der Waals surface area contributed by atoms with E-state index in [2.05, 4.69) is 92.5 Å². The zero-order chi connectivity index (χ0) is 41.0. The maximum Gasteiger partial charge on any atom is 0.490 e. The number of aromatic amines is 2. The lowest BCUT2D eigenvalue weighted by atomic mass is 9.99. The number of aromatic nitrogens is 4. The lowest BCUT2D eigenvalue weighted by Crippen LogP contribution is -2.49. The fourth-order valence-electron chi connectivity index (χ4n) is 7.70. The van der Waals surface area contributed by atoms with Crippen molar-refractivity contribution in [2.24, 2.45) is 0 Å². The number of hydrogen-bond acceptors (Lipinski definition) is 8. The Labute approximate surface area is 332 Å². The number of anilines is 1. The molecule has 15 heteroatoms. The van der Waals surface area contributed by atoms with Gasteiger partial charge in [0.1, 0.15) is 5.69 Å². The normalized spacial score (nSPS) is 15.7. The molecule has 2 saturated heterocycles. The first-order valence-corrected chi connectivity index (χ1v) is 20.0. The van der Waals surface area contributed by atoms with Crippen LogP contribution in [0.1, 0.15) is 69.6 Å². The molecule has 2 aromatic carbocycles. The van der Waals surface area contributed by atoms with Crippen molar-refractivity contribution < 1.29 is 27.9 Å². The maximum absolute atomic E-state index is 13.4. The monoisotopic (exact) mass is 791 g/mol. The minimum Gasteiger partial charge on any atom is -0.475 e. The average Bonchev–Trinajstić information content (AvgIpc) is 3.91. The van der Waals surface area contributed by atoms with Gasteiger partial charge in [-0.2, -0.15) is 18.3 Å². The molecular weight excluding hydrogens is 736 g/mol. The number of benzene rings is 2. The third-order valence-corrected chi connectivity index (χ3v) is 10.9. The molecule has 7 rings (SSSR count). The third kappa shape index (κ3) is 11.6. The van der Waals surface area contributed by atoms with E-state index in [1.807, 2.05) is 30.5 Å². The molecule has 2 aliphatic rings. The Morgan fingerprint density at radius 1 is 0.825 bits per heavy atom. The van der Waals surface area contributed by atoms with Gasteiger partial charge >= 0.3 is 12.1 Å². The molecule has 0 radical (unpaired) electrons. The molecule has 0 aliphatic carbocycles. The molecule has 0 spiro atoms. The Hall–Kier alpha value is -4.83. The van der Waals surface area contributed by atoms with Crippen LogP contribution < -0.4 is 10.6 Å². The fourth-order valence-corrected chi connectivity index (χ4v) is 7.70. The Balaban J connectivity index is 0.000000285. The lowest BCUT2D eigenvalue weighted by Gasteiger charge is -2.38. The van der Waals surface area contributed by atoms with Crippen LogP contribution in [0.5, 0.6) is 0 Å². The maximum atomic E-state index is 13.4. The first kappa shape index (κ1) is 43.3. The van der Waals surface area contributed by atoms with E-state index >= 15 is 0 Å². The number of aliphatic carboxylic acids is 1. The number of carbonyl (C=O) groups is 2. The number of pyridine rings is 1. The third-order valence-electron chi connectivity index (χ3n) is 10.9. The number of halogens is 3. The van der Waals surface area contributed by atoms with Crippen molar-refractivity contribution in [3.8, 4) is 11.1 Å². The Morgan fingerprint density at radius 2 is 1.46 bits per heavy atom. The number of piperazine rings is 2. The summed E-state index contributed by atoms with van der Waals surface area (Å²) in [6.07, 6.45) is 3.61. The van der Waals surface area contributed by atoms with Gasteiger partial charge in [-0.3, -0.25) is 24.6 Å². The number of hydrogen-bond donors (Lipinski definition) is 5. The number of alkyl halides is 3. The molecule has 5 N–H and O–H groups in total. The number of amides is 1. The minimum atomic E-state index is -5.08. The van der Waals surface area contributed by atoms with Gasteiger partial charge < -0.3 is 20.7 Å². The number of rotatable bonds is 11. The number of carboxylic acids is 1. The highest BCUT2D eigenvalue weighted by molar-refractivity contribution is 6.09. The van der Waals surface area contributed by atoms with Crippen molar-refractivity contribution in [2.45, 2.75) is 78.2 Å². The quantitative estimate of drug-likeness (QED) is 0.0926. The van der Waals surface area contributed by atoms with Gasteiger partial charge in [0, 0.05) is 93.5 Å². The van der Waals surface area contributed by atoms with E-state index in [0.717, 1.165) is 77.4 Å². The summed E-state index contributed by atoms with van der Waals surface area (Å²) in [6.45, 7) is 18.9. The summed E-state index contributed by atoms with van der Waals surface area (Å²) in [6, 6.07) is 19.6. The van der Waals surface area contributed by atoms with E-state index < -0.39 is 12.1 Å². The average molecular weight is 792 g/mol. The number of nitrogens with zero attached hydrogens (tertiary/aromatic N) is 5. The molecule has 5 aromatic rings. The summed E-state index contributed by atoms with van der Waals surface area (Å²) in [5, 5.41) is 22.9. The Kier molecular flexibility index (Phi) is 15.6. The zero-order valence-electron chi connectivity index (χ0n) is 33.3. The molecule has 12 nitrogen and oxygen atoms in total. The van der Waals surface area contributed by atoms with Gasteiger partial charge in [0.05, 0.1) is 23.1 Å². The van der Waals surface area contributed by atoms with Gasteiger partial charge in [-0.25, -0.2) is 9.78 Å². The lowest BCUT2D eigenvalue weighted by molar-refractivity contribution is -0.192. The first-order valence-electron chi connectivity index (χ1n) is 20.0. The summed E-state index contributed by atoms with van der Waals surface area (Å²) < 4.78 is 31.7. The summed E-state index contributed by atoms with van der Waals surface area (Å²) in [5.41, 5.74) is 6.06. The number of H-pyrrole nitrogens is 2. The van der Waals surface area contributed by atoms with Crippen LogP contribution in [0, 0.1) is 0 Å². The molecular formula is C42H56F3N9O3. The number of fused-ring (bicyclic) bond motifs is 2. The van der Waals surface area contributed by atoms with Crippen LogP contribution in [0.2, 0.25) is 0 Å². The predicted molar refractivity (Wildman–Crippen MR) is 219 cm³/mol. The summed E-state index contributed by atoms with van der Waals surface area (Å²) in [4.78, 5) is 38.0. The topological polar surface area (TPSA) is 146 Å². The van der Waals surface area contributed by atoms with E-state index in [-0.39, 0.29) is 5.91 Å². The second-order valence-electron chi connectivity index (χ2n) is 14.4. The van der Waals surface area contributed by atoms with Crippen molar-refractivity contribution in [3.05, 3.63) is 78.4 Å². The zero-order valence-corrected chi connectivity index (χ0v) is 33.3. The second-order valence-corrected chi connectivity index (χ2v) is 14.4. The van der Waals surface area contributed by atoms with Gasteiger partial charge in [0.2, 0.25) is 0 Å². The summed E-state index contributed by atoms with van der Waals surface area (Å²) in [7, 11) is 0. The van der Waals surface area contributed by atoms with E-state index in [1.165, 1.54) is 51.9 Å². The van der Waals surface area contributed by atoms with Gasteiger partial charge in [0.15, 0.2) is 0 Å². The van der Waals surface area contributed by atoms with Crippen molar-refractivity contribution in [1.82, 2.24) is 40.2 Å². The standard InChI is InChI=1S/C31H35N7O.C9H20N2.C2HF3O2/c1-3-23(4-2)38-15-13-37(14-16-38)20-22-7-5-10-28(34-22)31(39)35-29-17-21(18-30-26(29)19-33-36-30)24-8-6-9-27-25(24)11-12-32-27;1-3-9(4-2)11-7-5-10-6-8-11;3-2(4,5)1(6)7/h5-12,17-19,23,32H,3-4,13-16,20H2,1-2H3,(H,33,36)(H,35,39);9-10H,3-8H2,1-2H3;(H,6,7). The van der Waals surface area contributed by atoms with E-state index in [1.54, 1.807) is 12.3 Å². The molecule has 57 heavy (non-hydrogen) atoms. The first-order chi connectivity index (χ1) is 27.4. The summed E-state index contributed by atoms with van der Waals surface area (Å²) in [5.74, 6) is -2.98. The SMILES string of the molecule is CCC(CC)N1CCN(Cc2cccc(C(=O)Nc3cc(-c4cccc5[nH]ccc45)cc4[nH]ncc34)n2)CC1.CCC(CC)N1CCNCC1.O=C(O)C(F)(F)F. The fraction of sp³-hybridized carbons (Fsp3) is 0.476. The van der Waals surface area contributed by atoms with Gasteiger partial charge in [-0.1, -0.05) is 45.9 Å². The van der Waals surface area contributed by atoms with Crippen LogP contribution in [-0.2, 0) is 11.3 Å². The van der Waals surface area contributed by atoms with Crippen molar-refractivity contribution in [3.63, 3.8) is 0 Å². The Morgan fingerprint density at radius 3 is 2.09 bits per heavy atom. The highest BCUT2D eigenvalue weighted by atomic mass is 19.4. The number of carbonyl (C=O) groups excluding carboxylic acids is 1.